The van der Waals surface area contributed by atoms with Crippen LogP contribution in [0.5, 0.6) is 0 Å². The summed E-state index contributed by atoms with van der Waals surface area (Å²) in [5.74, 6) is 0. The molecule has 0 heterocycles. The lowest BCUT2D eigenvalue weighted by molar-refractivity contribution is -0.104. The van der Waals surface area contributed by atoms with Crippen LogP contribution in [0.25, 0.3) is 0 Å². The minimum atomic E-state index is 0.741. The van der Waals surface area contributed by atoms with Gasteiger partial charge in [0.05, 0.1) is 0 Å². The molecule has 0 atom stereocenters. The van der Waals surface area contributed by atoms with Crippen LogP contribution in [0.1, 0.15) is 6.92 Å². The lowest BCUT2D eigenvalue weighted by Gasteiger charge is -1.78. The fraction of sp³-hybridized carbons (Fsp3) is 0.167. The van der Waals surface area contributed by atoms with Gasteiger partial charge in [-0.25, -0.2) is 0 Å². The summed E-state index contributed by atoms with van der Waals surface area (Å²) in [6.07, 6.45) is 5.72. The Labute approximate surface area is 57.2 Å². The van der Waals surface area contributed by atoms with Crippen molar-refractivity contribution in [2.75, 3.05) is 0 Å². The van der Waals surface area contributed by atoms with E-state index in [1.165, 1.54) is 6.08 Å². The van der Waals surface area contributed by atoms with E-state index in [1.807, 2.05) is 13.0 Å². The van der Waals surface area contributed by atoms with Crippen molar-refractivity contribution in [3.63, 3.8) is 0 Å². The van der Waals surface area contributed by atoms with Crippen LogP contribution in [-0.4, -0.2) is 6.29 Å². The Kier molecular flexibility index (Phi) is 4.56. The molecule has 0 aliphatic carbocycles. The number of carbonyl (C=O) groups is 1. The van der Waals surface area contributed by atoms with Crippen molar-refractivity contribution in [2.45, 2.75) is 6.92 Å². The average molecular weight is 175 g/mol. The third kappa shape index (κ3) is 3.81. The van der Waals surface area contributed by atoms with Gasteiger partial charge in [-0.15, -0.1) is 0 Å². The van der Waals surface area contributed by atoms with E-state index in [0.29, 0.717) is 0 Å². The normalized spacial score (nSPS) is 12.5. The van der Waals surface area contributed by atoms with Gasteiger partial charge in [-0.05, 0) is 19.1 Å². The fourth-order valence-corrected chi connectivity index (χ4v) is 0.380. The molecule has 44 valence electrons. The highest BCUT2D eigenvalue weighted by molar-refractivity contribution is 9.11. The number of hydrogen-bond donors (Lipinski definition) is 0. The number of rotatable bonds is 2. The first-order chi connectivity index (χ1) is 3.81. The van der Waals surface area contributed by atoms with E-state index in [4.69, 9.17) is 0 Å². The Morgan fingerprint density at radius 1 is 1.62 bits per heavy atom. The molecule has 0 aliphatic rings. The zero-order chi connectivity index (χ0) is 6.41. The van der Waals surface area contributed by atoms with Crippen molar-refractivity contribution >= 4 is 22.2 Å². The molecule has 0 aromatic rings. The molecular formula is C6H7BrO. The summed E-state index contributed by atoms with van der Waals surface area (Å²) in [7, 11) is 0. The quantitative estimate of drug-likeness (QED) is 0.356. The molecule has 0 saturated carbocycles. The number of halogens is 1. The monoisotopic (exact) mass is 174 g/mol. The Hall–Kier alpha value is -0.370. The van der Waals surface area contributed by atoms with Crippen molar-refractivity contribution in [1.29, 1.82) is 0 Å². The standard InChI is InChI=1S/C6H7BrO/c1-2-6(7)4-3-5-8/h2-5H,1H3/b4-3+,6-2-. The molecule has 0 spiro atoms. The van der Waals surface area contributed by atoms with Crippen molar-refractivity contribution in [3.05, 3.63) is 22.7 Å². The van der Waals surface area contributed by atoms with Gasteiger partial charge < -0.3 is 0 Å². The number of aldehydes is 1. The SMILES string of the molecule is C/C=C(Br)/C=C/C=O. The van der Waals surface area contributed by atoms with E-state index >= 15 is 0 Å². The zero-order valence-electron chi connectivity index (χ0n) is 4.60. The molecular weight excluding hydrogens is 168 g/mol. The van der Waals surface area contributed by atoms with Gasteiger partial charge in [0.25, 0.3) is 0 Å². The molecule has 0 fully saturated rings. The van der Waals surface area contributed by atoms with Gasteiger partial charge in [0.2, 0.25) is 0 Å². The minimum absolute atomic E-state index is 0.741. The lowest BCUT2D eigenvalue weighted by atomic mass is 10.4. The third-order valence-electron chi connectivity index (χ3n) is 0.610. The zero-order valence-corrected chi connectivity index (χ0v) is 6.18. The highest BCUT2D eigenvalue weighted by Gasteiger charge is 1.74. The van der Waals surface area contributed by atoms with Gasteiger partial charge in [0, 0.05) is 4.48 Å². The van der Waals surface area contributed by atoms with Gasteiger partial charge in [-0.2, -0.15) is 0 Å². The van der Waals surface area contributed by atoms with Crippen LogP contribution < -0.4 is 0 Å². The van der Waals surface area contributed by atoms with Gasteiger partial charge in [-0.3, -0.25) is 4.79 Å². The van der Waals surface area contributed by atoms with E-state index in [0.717, 1.165) is 10.8 Å². The Morgan fingerprint density at radius 2 is 2.25 bits per heavy atom. The topological polar surface area (TPSA) is 17.1 Å². The first-order valence-electron chi connectivity index (χ1n) is 2.25. The molecule has 0 rings (SSSR count). The fourth-order valence-electron chi connectivity index (χ4n) is 0.227. The van der Waals surface area contributed by atoms with Crippen molar-refractivity contribution in [3.8, 4) is 0 Å². The lowest BCUT2D eigenvalue weighted by Crippen LogP contribution is -1.60. The summed E-state index contributed by atoms with van der Waals surface area (Å²) >= 11 is 3.19. The molecule has 0 aromatic heterocycles. The second kappa shape index (κ2) is 4.78. The highest BCUT2D eigenvalue weighted by Crippen LogP contribution is 2.03. The first-order valence-corrected chi connectivity index (χ1v) is 3.04. The van der Waals surface area contributed by atoms with E-state index in [2.05, 4.69) is 15.9 Å². The molecule has 0 aliphatic heterocycles. The number of hydrogen-bond acceptors (Lipinski definition) is 1. The molecule has 0 unspecified atom stereocenters. The maximum atomic E-state index is 9.69. The van der Waals surface area contributed by atoms with E-state index in [1.54, 1.807) is 6.08 Å². The number of allylic oxidation sites excluding steroid dienone is 4. The average Bonchev–Trinajstić information content (AvgIpc) is 1.83. The summed E-state index contributed by atoms with van der Waals surface area (Å²) < 4.78 is 0.921. The molecule has 0 bridgehead atoms. The van der Waals surface area contributed by atoms with Crippen LogP contribution in [0.2, 0.25) is 0 Å². The second-order valence-electron chi connectivity index (χ2n) is 1.17. The van der Waals surface area contributed by atoms with Crippen LogP contribution in [-0.2, 0) is 4.79 Å². The van der Waals surface area contributed by atoms with E-state index in [9.17, 15) is 4.79 Å². The number of carbonyl (C=O) groups excluding carboxylic acids is 1. The molecule has 2 heteroatoms. The van der Waals surface area contributed by atoms with Gasteiger partial charge in [0.1, 0.15) is 6.29 Å². The van der Waals surface area contributed by atoms with Gasteiger partial charge in [-0.1, -0.05) is 22.0 Å². The largest absolute Gasteiger partial charge is 0.299 e. The Balaban J connectivity index is 3.69. The molecule has 0 amide bonds. The first kappa shape index (κ1) is 7.63. The third-order valence-corrected chi connectivity index (χ3v) is 1.33. The van der Waals surface area contributed by atoms with Crippen LogP contribution in [0.4, 0.5) is 0 Å². The van der Waals surface area contributed by atoms with Crippen LogP contribution >= 0.6 is 15.9 Å². The van der Waals surface area contributed by atoms with Crippen LogP contribution in [0, 0.1) is 0 Å². The Bertz CT molecular complexity index is 124. The van der Waals surface area contributed by atoms with Gasteiger partial charge in [0.15, 0.2) is 0 Å². The smallest absolute Gasteiger partial charge is 0.142 e. The maximum absolute atomic E-state index is 9.69. The highest BCUT2D eigenvalue weighted by atomic mass is 79.9. The van der Waals surface area contributed by atoms with Crippen LogP contribution in [0.3, 0.4) is 0 Å². The van der Waals surface area contributed by atoms with Crippen LogP contribution in [0.15, 0.2) is 22.7 Å². The summed E-state index contributed by atoms with van der Waals surface area (Å²) in [6.45, 7) is 1.89. The second-order valence-corrected chi connectivity index (χ2v) is 2.08. The molecule has 0 N–H and O–H groups in total. The predicted molar refractivity (Wildman–Crippen MR) is 37.9 cm³/mol. The molecule has 1 nitrogen and oxygen atoms in total. The maximum Gasteiger partial charge on any atom is 0.142 e. The summed E-state index contributed by atoms with van der Waals surface area (Å²) in [5, 5.41) is 0. The van der Waals surface area contributed by atoms with E-state index < -0.39 is 0 Å². The predicted octanol–water partition coefficient (Wildman–Crippen LogP) is 2.04. The minimum Gasteiger partial charge on any atom is -0.299 e. The van der Waals surface area contributed by atoms with Crippen molar-refractivity contribution < 1.29 is 4.79 Å². The van der Waals surface area contributed by atoms with Crippen molar-refractivity contribution in [1.82, 2.24) is 0 Å². The molecule has 0 aromatic carbocycles. The van der Waals surface area contributed by atoms with Crippen molar-refractivity contribution in [2.24, 2.45) is 0 Å². The summed E-state index contributed by atoms with van der Waals surface area (Å²) in [6, 6.07) is 0. The molecule has 8 heavy (non-hydrogen) atoms. The summed E-state index contributed by atoms with van der Waals surface area (Å²) in [4.78, 5) is 9.69. The molecule has 0 radical (unpaired) electrons. The van der Waals surface area contributed by atoms with E-state index in [-0.39, 0.29) is 0 Å². The summed E-state index contributed by atoms with van der Waals surface area (Å²) in [5.41, 5.74) is 0. The molecule has 0 saturated heterocycles. The Morgan fingerprint density at radius 3 is 2.62 bits per heavy atom. The van der Waals surface area contributed by atoms with Gasteiger partial charge >= 0.3 is 0 Å².